The molecule has 0 saturated heterocycles. The van der Waals surface area contributed by atoms with Gasteiger partial charge < -0.3 is 16.2 Å². The van der Waals surface area contributed by atoms with E-state index in [1.165, 1.54) is 0 Å². The zero-order valence-electron chi connectivity index (χ0n) is 11.3. The number of phenols is 1. The number of anilines is 1. The molecule has 1 aromatic rings. The lowest BCUT2D eigenvalue weighted by Gasteiger charge is -2.12. The van der Waals surface area contributed by atoms with Gasteiger partial charge in [0.15, 0.2) is 0 Å². The maximum absolute atomic E-state index is 11.7. The molecule has 0 bridgehead atoms. The van der Waals surface area contributed by atoms with Crippen molar-refractivity contribution in [3.63, 3.8) is 0 Å². The number of aromatic hydroxyl groups is 1. The number of benzene rings is 1. The van der Waals surface area contributed by atoms with Crippen molar-refractivity contribution in [1.29, 1.82) is 0 Å². The Balaban J connectivity index is 2.63. The van der Waals surface area contributed by atoms with Gasteiger partial charge in [-0.3, -0.25) is 4.79 Å². The number of hydrogen-bond donors (Lipinski definition) is 3. The molecular formula is C14H22N2O2. The van der Waals surface area contributed by atoms with Gasteiger partial charge in [-0.15, -0.1) is 0 Å². The van der Waals surface area contributed by atoms with E-state index < -0.39 is 0 Å². The van der Waals surface area contributed by atoms with Gasteiger partial charge in [-0.25, -0.2) is 0 Å². The van der Waals surface area contributed by atoms with Crippen LogP contribution < -0.4 is 11.1 Å². The van der Waals surface area contributed by atoms with Gasteiger partial charge >= 0.3 is 0 Å². The minimum absolute atomic E-state index is 0.0401. The Kier molecular flexibility index (Phi) is 5.16. The van der Waals surface area contributed by atoms with Gasteiger partial charge in [0, 0.05) is 17.7 Å². The Hall–Kier alpha value is -1.55. The van der Waals surface area contributed by atoms with Crippen molar-refractivity contribution >= 4 is 11.6 Å². The summed E-state index contributed by atoms with van der Waals surface area (Å²) in [5.41, 5.74) is 7.69. The molecule has 0 aliphatic heterocycles. The number of rotatable bonds is 5. The quantitative estimate of drug-likeness (QED) is 0.750. The van der Waals surface area contributed by atoms with Gasteiger partial charge in [-0.2, -0.15) is 0 Å². The van der Waals surface area contributed by atoms with E-state index in [2.05, 4.69) is 5.32 Å². The summed E-state index contributed by atoms with van der Waals surface area (Å²) in [6.45, 7) is 6.24. The maximum Gasteiger partial charge on any atom is 0.224 e. The summed E-state index contributed by atoms with van der Waals surface area (Å²) in [5, 5.41) is 12.6. The predicted octanol–water partition coefficient (Wildman–Crippen LogP) is 2.32. The molecule has 1 atom stereocenters. The lowest BCUT2D eigenvalue weighted by molar-refractivity contribution is -0.116. The molecule has 1 unspecified atom stereocenters. The number of nitrogens with one attached hydrogen (secondary N) is 1. The third-order valence-corrected chi connectivity index (χ3v) is 3.17. The van der Waals surface area contributed by atoms with Gasteiger partial charge in [-0.05, 0) is 44.4 Å². The first kappa shape index (κ1) is 14.5. The van der Waals surface area contributed by atoms with Crippen molar-refractivity contribution in [1.82, 2.24) is 0 Å². The third kappa shape index (κ3) is 3.74. The van der Waals surface area contributed by atoms with E-state index >= 15 is 0 Å². The largest absolute Gasteiger partial charge is 0.507 e. The summed E-state index contributed by atoms with van der Waals surface area (Å²) in [4.78, 5) is 11.7. The zero-order chi connectivity index (χ0) is 13.7. The topological polar surface area (TPSA) is 75.4 Å². The fourth-order valence-electron chi connectivity index (χ4n) is 1.68. The molecule has 0 spiro atoms. The zero-order valence-corrected chi connectivity index (χ0v) is 11.3. The summed E-state index contributed by atoms with van der Waals surface area (Å²) < 4.78 is 0. The number of carbonyl (C=O) groups excluding carboxylic acids is 1. The van der Waals surface area contributed by atoms with Crippen LogP contribution in [-0.2, 0) is 4.79 Å². The Labute approximate surface area is 108 Å². The van der Waals surface area contributed by atoms with Crippen LogP contribution in [0.15, 0.2) is 12.1 Å². The normalized spacial score (nSPS) is 12.2. The SMILES string of the molecule is Cc1ccc(NC(=O)CCC(C)CN)c(C)c1O. The van der Waals surface area contributed by atoms with Crippen molar-refractivity contribution < 1.29 is 9.90 Å². The third-order valence-electron chi connectivity index (χ3n) is 3.17. The van der Waals surface area contributed by atoms with E-state index in [-0.39, 0.29) is 11.7 Å². The van der Waals surface area contributed by atoms with Crippen LogP contribution in [0, 0.1) is 19.8 Å². The minimum Gasteiger partial charge on any atom is -0.507 e. The van der Waals surface area contributed by atoms with Crippen LogP contribution in [0.1, 0.15) is 30.9 Å². The first-order chi connectivity index (χ1) is 8.45. The summed E-state index contributed by atoms with van der Waals surface area (Å²) in [6, 6.07) is 3.61. The molecule has 4 nitrogen and oxygen atoms in total. The fraction of sp³-hybridized carbons (Fsp3) is 0.500. The van der Waals surface area contributed by atoms with Gasteiger partial charge in [0.25, 0.3) is 0 Å². The molecule has 4 heteroatoms. The van der Waals surface area contributed by atoms with E-state index in [0.717, 1.165) is 12.0 Å². The number of phenolic OH excluding ortho intramolecular Hbond substituents is 1. The monoisotopic (exact) mass is 250 g/mol. The summed E-state index contributed by atoms with van der Waals surface area (Å²) in [5.74, 6) is 0.549. The van der Waals surface area contributed by atoms with Gasteiger partial charge in [0.1, 0.15) is 5.75 Å². The molecule has 100 valence electrons. The molecular weight excluding hydrogens is 228 g/mol. The molecule has 0 radical (unpaired) electrons. The van der Waals surface area contributed by atoms with E-state index in [4.69, 9.17) is 5.73 Å². The molecule has 18 heavy (non-hydrogen) atoms. The molecule has 0 aromatic heterocycles. The second kappa shape index (κ2) is 6.40. The lowest BCUT2D eigenvalue weighted by Crippen LogP contribution is -2.16. The van der Waals surface area contributed by atoms with Crippen molar-refractivity contribution in [2.75, 3.05) is 11.9 Å². The van der Waals surface area contributed by atoms with Crippen molar-refractivity contribution in [2.24, 2.45) is 11.7 Å². The summed E-state index contributed by atoms with van der Waals surface area (Å²) in [7, 11) is 0. The van der Waals surface area contributed by atoms with Crippen LogP contribution in [0.25, 0.3) is 0 Å². The highest BCUT2D eigenvalue weighted by atomic mass is 16.3. The van der Waals surface area contributed by atoms with Crippen LogP contribution in [0.5, 0.6) is 5.75 Å². The number of carbonyl (C=O) groups is 1. The van der Waals surface area contributed by atoms with E-state index in [0.29, 0.717) is 30.1 Å². The molecule has 1 rings (SSSR count). The van der Waals surface area contributed by atoms with Crippen molar-refractivity contribution in [2.45, 2.75) is 33.6 Å². The average Bonchev–Trinajstić information content (AvgIpc) is 2.36. The first-order valence-corrected chi connectivity index (χ1v) is 6.24. The average molecular weight is 250 g/mol. The molecule has 0 heterocycles. The van der Waals surface area contributed by atoms with E-state index in [1.807, 2.05) is 19.9 Å². The second-order valence-corrected chi connectivity index (χ2v) is 4.83. The van der Waals surface area contributed by atoms with Crippen LogP contribution in [0.2, 0.25) is 0 Å². The number of nitrogens with two attached hydrogens (primary N) is 1. The predicted molar refractivity (Wildman–Crippen MR) is 73.7 cm³/mol. The number of amides is 1. The molecule has 0 fully saturated rings. The van der Waals surface area contributed by atoms with Gasteiger partial charge in [0.2, 0.25) is 5.91 Å². The molecule has 4 N–H and O–H groups in total. The lowest BCUT2D eigenvalue weighted by atomic mass is 10.1. The van der Waals surface area contributed by atoms with Crippen LogP contribution >= 0.6 is 0 Å². The summed E-state index contributed by atoms with van der Waals surface area (Å²) >= 11 is 0. The summed E-state index contributed by atoms with van der Waals surface area (Å²) in [6.07, 6.45) is 1.23. The van der Waals surface area contributed by atoms with E-state index in [1.54, 1.807) is 13.0 Å². The molecule has 0 aliphatic rings. The Morgan fingerprint density at radius 1 is 1.44 bits per heavy atom. The highest BCUT2D eigenvalue weighted by Gasteiger charge is 2.10. The Bertz CT molecular complexity index is 430. The van der Waals surface area contributed by atoms with Crippen molar-refractivity contribution in [3.05, 3.63) is 23.3 Å². The maximum atomic E-state index is 11.7. The van der Waals surface area contributed by atoms with Crippen LogP contribution in [0.4, 0.5) is 5.69 Å². The van der Waals surface area contributed by atoms with Crippen LogP contribution in [-0.4, -0.2) is 17.6 Å². The van der Waals surface area contributed by atoms with Crippen molar-refractivity contribution in [3.8, 4) is 5.75 Å². The smallest absolute Gasteiger partial charge is 0.224 e. The molecule has 1 amide bonds. The number of aryl methyl sites for hydroxylation is 1. The van der Waals surface area contributed by atoms with Gasteiger partial charge in [-0.1, -0.05) is 13.0 Å². The van der Waals surface area contributed by atoms with Crippen LogP contribution in [0.3, 0.4) is 0 Å². The number of hydrogen-bond acceptors (Lipinski definition) is 3. The Morgan fingerprint density at radius 2 is 2.11 bits per heavy atom. The fourth-order valence-corrected chi connectivity index (χ4v) is 1.68. The molecule has 0 aliphatic carbocycles. The minimum atomic E-state index is -0.0401. The second-order valence-electron chi connectivity index (χ2n) is 4.83. The first-order valence-electron chi connectivity index (χ1n) is 6.24. The molecule has 1 aromatic carbocycles. The highest BCUT2D eigenvalue weighted by molar-refractivity contribution is 5.91. The Morgan fingerprint density at radius 3 is 2.72 bits per heavy atom. The van der Waals surface area contributed by atoms with Gasteiger partial charge in [0.05, 0.1) is 0 Å². The van der Waals surface area contributed by atoms with E-state index in [9.17, 15) is 9.90 Å². The highest BCUT2D eigenvalue weighted by Crippen LogP contribution is 2.28. The molecule has 0 saturated carbocycles. The standard InChI is InChI=1S/C14H22N2O2/c1-9(8-15)4-7-13(17)16-12-6-5-10(2)14(18)11(12)3/h5-6,9,18H,4,7-8,15H2,1-3H3,(H,16,17).